The monoisotopic (exact) mass is 272 g/mol. The van der Waals surface area contributed by atoms with Crippen molar-refractivity contribution in [2.24, 2.45) is 11.7 Å². The summed E-state index contributed by atoms with van der Waals surface area (Å²) in [6, 6.07) is 7.43. The van der Waals surface area contributed by atoms with Gasteiger partial charge in [-0.15, -0.1) is 0 Å². The molecule has 1 heterocycles. The first-order chi connectivity index (χ1) is 8.88. The average Bonchev–Trinajstić information content (AvgIpc) is 2.38. The SMILES string of the molecule is CC(N)c1ccc(N2CCCC(C(F)(F)F)C2)cc1. The molecule has 1 fully saturated rings. The van der Waals surface area contributed by atoms with Crippen molar-refractivity contribution in [3.8, 4) is 0 Å². The van der Waals surface area contributed by atoms with Crippen molar-refractivity contribution < 1.29 is 13.2 Å². The molecule has 1 aliphatic heterocycles. The minimum atomic E-state index is -4.09. The molecule has 0 spiro atoms. The van der Waals surface area contributed by atoms with Crippen molar-refractivity contribution in [3.05, 3.63) is 29.8 Å². The van der Waals surface area contributed by atoms with E-state index < -0.39 is 12.1 Å². The Hall–Kier alpha value is -1.23. The summed E-state index contributed by atoms with van der Waals surface area (Å²) in [6.07, 6.45) is -3.28. The lowest BCUT2D eigenvalue weighted by Crippen LogP contribution is -2.41. The second-order valence-electron chi connectivity index (χ2n) is 5.21. The Labute approximate surface area is 111 Å². The van der Waals surface area contributed by atoms with Crippen molar-refractivity contribution in [1.82, 2.24) is 0 Å². The molecule has 0 bridgehead atoms. The molecule has 0 aromatic heterocycles. The molecule has 19 heavy (non-hydrogen) atoms. The first-order valence-electron chi connectivity index (χ1n) is 6.55. The molecule has 2 rings (SSSR count). The standard InChI is InChI=1S/C14H19F3N2/c1-10(18)11-4-6-13(7-5-11)19-8-2-3-12(9-19)14(15,16)17/h4-7,10,12H,2-3,8-9,18H2,1H3. The van der Waals surface area contributed by atoms with Gasteiger partial charge in [-0.25, -0.2) is 0 Å². The molecule has 0 aliphatic carbocycles. The lowest BCUT2D eigenvalue weighted by atomic mass is 9.97. The summed E-state index contributed by atoms with van der Waals surface area (Å²) in [7, 11) is 0. The van der Waals surface area contributed by atoms with Crippen LogP contribution in [0, 0.1) is 5.92 Å². The van der Waals surface area contributed by atoms with Crippen molar-refractivity contribution >= 4 is 5.69 Å². The zero-order valence-electron chi connectivity index (χ0n) is 11.0. The quantitative estimate of drug-likeness (QED) is 0.893. The molecule has 2 atom stereocenters. The third-order valence-corrected chi connectivity index (χ3v) is 3.67. The number of anilines is 1. The van der Waals surface area contributed by atoms with Crippen LogP contribution in [0.3, 0.4) is 0 Å². The Bertz CT molecular complexity index is 412. The van der Waals surface area contributed by atoms with Gasteiger partial charge >= 0.3 is 6.18 Å². The van der Waals surface area contributed by atoms with E-state index in [1.165, 1.54) is 0 Å². The molecule has 1 aromatic carbocycles. The van der Waals surface area contributed by atoms with Gasteiger partial charge < -0.3 is 10.6 Å². The fourth-order valence-corrected chi connectivity index (χ4v) is 2.47. The van der Waals surface area contributed by atoms with Crippen LogP contribution < -0.4 is 10.6 Å². The third-order valence-electron chi connectivity index (χ3n) is 3.67. The van der Waals surface area contributed by atoms with Gasteiger partial charge in [0.2, 0.25) is 0 Å². The van der Waals surface area contributed by atoms with Crippen molar-refractivity contribution in [3.63, 3.8) is 0 Å². The van der Waals surface area contributed by atoms with Gasteiger partial charge in [-0.05, 0) is 37.5 Å². The number of hydrogen-bond donors (Lipinski definition) is 1. The van der Waals surface area contributed by atoms with E-state index in [0.717, 1.165) is 11.3 Å². The van der Waals surface area contributed by atoms with Gasteiger partial charge in [-0.3, -0.25) is 0 Å². The van der Waals surface area contributed by atoms with Crippen LogP contribution >= 0.6 is 0 Å². The molecule has 1 aromatic rings. The van der Waals surface area contributed by atoms with E-state index in [0.29, 0.717) is 13.0 Å². The molecular weight excluding hydrogens is 253 g/mol. The van der Waals surface area contributed by atoms with Crippen LogP contribution in [0.15, 0.2) is 24.3 Å². The summed E-state index contributed by atoms with van der Waals surface area (Å²) in [4.78, 5) is 1.81. The zero-order chi connectivity index (χ0) is 14.0. The van der Waals surface area contributed by atoms with Crippen molar-refractivity contribution in [2.75, 3.05) is 18.0 Å². The number of hydrogen-bond acceptors (Lipinski definition) is 2. The minimum Gasteiger partial charge on any atom is -0.371 e. The van der Waals surface area contributed by atoms with Gasteiger partial charge in [0, 0.05) is 24.8 Å². The number of nitrogens with zero attached hydrogens (tertiary/aromatic N) is 1. The predicted octanol–water partition coefficient (Wildman–Crippen LogP) is 3.49. The molecule has 2 nitrogen and oxygen atoms in total. The van der Waals surface area contributed by atoms with E-state index in [-0.39, 0.29) is 19.0 Å². The van der Waals surface area contributed by atoms with Crippen molar-refractivity contribution in [2.45, 2.75) is 32.0 Å². The Balaban J connectivity index is 2.09. The summed E-state index contributed by atoms with van der Waals surface area (Å²) < 4.78 is 38.3. The summed E-state index contributed by atoms with van der Waals surface area (Å²) in [5, 5.41) is 0. The molecule has 0 radical (unpaired) electrons. The molecule has 106 valence electrons. The molecule has 2 N–H and O–H groups in total. The van der Waals surface area contributed by atoms with E-state index in [4.69, 9.17) is 5.73 Å². The van der Waals surface area contributed by atoms with Crippen LogP contribution in [-0.2, 0) is 0 Å². The number of piperidine rings is 1. The van der Waals surface area contributed by atoms with Gasteiger partial charge in [0.15, 0.2) is 0 Å². The Morgan fingerprint density at radius 3 is 2.42 bits per heavy atom. The normalized spacial score (nSPS) is 22.4. The van der Waals surface area contributed by atoms with Gasteiger partial charge in [0.05, 0.1) is 5.92 Å². The van der Waals surface area contributed by atoms with E-state index in [2.05, 4.69) is 0 Å². The van der Waals surface area contributed by atoms with Gasteiger partial charge in [0.25, 0.3) is 0 Å². The molecular formula is C14H19F3N2. The largest absolute Gasteiger partial charge is 0.393 e. The Morgan fingerprint density at radius 2 is 1.89 bits per heavy atom. The highest BCUT2D eigenvalue weighted by Gasteiger charge is 2.41. The van der Waals surface area contributed by atoms with Crippen LogP contribution in [0.4, 0.5) is 18.9 Å². The Morgan fingerprint density at radius 1 is 1.26 bits per heavy atom. The van der Waals surface area contributed by atoms with Crippen LogP contribution in [0.2, 0.25) is 0 Å². The van der Waals surface area contributed by atoms with Crippen molar-refractivity contribution in [1.29, 1.82) is 0 Å². The number of halogens is 3. The maximum Gasteiger partial charge on any atom is 0.393 e. The lowest BCUT2D eigenvalue weighted by Gasteiger charge is -2.35. The number of rotatable bonds is 2. The highest BCUT2D eigenvalue weighted by Crippen LogP contribution is 2.34. The molecule has 0 saturated carbocycles. The lowest BCUT2D eigenvalue weighted by molar-refractivity contribution is -0.175. The smallest absolute Gasteiger partial charge is 0.371 e. The second kappa shape index (κ2) is 5.41. The van der Waals surface area contributed by atoms with Gasteiger partial charge in [-0.2, -0.15) is 13.2 Å². The fraction of sp³-hybridized carbons (Fsp3) is 0.571. The number of alkyl halides is 3. The van der Waals surface area contributed by atoms with Gasteiger partial charge in [0.1, 0.15) is 0 Å². The van der Waals surface area contributed by atoms with Crippen LogP contribution in [0.5, 0.6) is 0 Å². The Kier molecular flexibility index (Phi) is 4.04. The van der Waals surface area contributed by atoms with E-state index in [9.17, 15) is 13.2 Å². The van der Waals surface area contributed by atoms with Crippen LogP contribution in [0.1, 0.15) is 31.4 Å². The molecule has 2 unspecified atom stereocenters. The summed E-state index contributed by atoms with van der Waals surface area (Å²) in [5.41, 5.74) is 7.60. The van der Waals surface area contributed by atoms with Crippen LogP contribution in [0.25, 0.3) is 0 Å². The summed E-state index contributed by atoms with van der Waals surface area (Å²) in [6.45, 7) is 2.63. The topological polar surface area (TPSA) is 29.3 Å². The zero-order valence-corrected chi connectivity index (χ0v) is 11.0. The number of benzene rings is 1. The summed E-state index contributed by atoms with van der Waals surface area (Å²) >= 11 is 0. The molecule has 1 saturated heterocycles. The first-order valence-corrected chi connectivity index (χ1v) is 6.55. The molecule has 1 aliphatic rings. The number of nitrogens with two attached hydrogens (primary N) is 1. The van der Waals surface area contributed by atoms with Gasteiger partial charge in [-0.1, -0.05) is 12.1 Å². The maximum atomic E-state index is 12.8. The molecule has 0 amide bonds. The summed E-state index contributed by atoms with van der Waals surface area (Å²) in [5.74, 6) is -1.21. The average molecular weight is 272 g/mol. The minimum absolute atomic E-state index is 0.0566. The molecule has 5 heteroatoms. The van der Waals surface area contributed by atoms with E-state index in [1.54, 1.807) is 0 Å². The highest BCUT2D eigenvalue weighted by atomic mass is 19.4. The van der Waals surface area contributed by atoms with Crippen LogP contribution in [-0.4, -0.2) is 19.3 Å². The second-order valence-corrected chi connectivity index (χ2v) is 5.21. The highest BCUT2D eigenvalue weighted by molar-refractivity contribution is 5.48. The maximum absolute atomic E-state index is 12.8. The fourth-order valence-electron chi connectivity index (χ4n) is 2.47. The van der Waals surface area contributed by atoms with E-state index >= 15 is 0 Å². The van der Waals surface area contributed by atoms with E-state index in [1.807, 2.05) is 36.1 Å². The predicted molar refractivity (Wildman–Crippen MR) is 70.0 cm³/mol. The third kappa shape index (κ3) is 3.41. The first kappa shape index (κ1) is 14.2.